The SMILES string of the molecule is CC(=O)O[C@@H]1C[C@@H]2CSCN2[C@]12C(=O)Nc1ccccc12. The Kier molecular flexibility index (Phi) is 2.81. The standard InChI is InChI=1S/C15H16N2O3S/c1-9(18)20-13-6-10-7-21-8-17(10)15(13)11-4-2-3-5-12(11)16-14(15)19/h2-5,10,13H,6-8H2,1H3,(H,16,19)/t10-,13-,15+/m1/s1. The molecule has 1 amide bonds. The average Bonchev–Trinajstić information content (AvgIpc) is 3.06. The second-order valence-electron chi connectivity index (χ2n) is 5.72. The van der Waals surface area contributed by atoms with Crippen LogP contribution in [-0.2, 0) is 19.9 Å². The van der Waals surface area contributed by atoms with Gasteiger partial charge in [0.2, 0.25) is 0 Å². The maximum atomic E-state index is 12.8. The van der Waals surface area contributed by atoms with Gasteiger partial charge in [-0.2, -0.15) is 0 Å². The number of carbonyl (C=O) groups excluding carboxylic acids is 2. The van der Waals surface area contributed by atoms with Crippen LogP contribution in [0.3, 0.4) is 0 Å². The maximum absolute atomic E-state index is 12.8. The molecule has 3 aliphatic heterocycles. The van der Waals surface area contributed by atoms with Crippen LogP contribution in [0.5, 0.6) is 0 Å². The third-order valence-electron chi connectivity index (χ3n) is 4.63. The normalized spacial score (nSPS) is 33.9. The lowest BCUT2D eigenvalue weighted by atomic mass is 9.86. The lowest BCUT2D eigenvalue weighted by molar-refractivity contribution is -0.154. The van der Waals surface area contributed by atoms with Crippen molar-refractivity contribution in [2.45, 2.75) is 31.0 Å². The molecule has 3 heterocycles. The summed E-state index contributed by atoms with van der Waals surface area (Å²) in [5.74, 6) is 1.38. The Morgan fingerprint density at radius 3 is 3.10 bits per heavy atom. The maximum Gasteiger partial charge on any atom is 0.302 e. The van der Waals surface area contributed by atoms with Gasteiger partial charge in [-0.1, -0.05) is 18.2 Å². The Bertz CT molecular complexity index is 635. The van der Waals surface area contributed by atoms with Gasteiger partial charge in [0.15, 0.2) is 5.54 Å². The molecular formula is C15H16N2O3S. The van der Waals surface area contributed by atoms with Gasteiger partial charge in [0.05, 0.1) is 0 Å². The van der Waals surface area contributed by atoms with Gasteiger partial charge >= 0.3 is 5.97 Å². The van der Waals surface area contributed by atoms with Crippen molar-refractivity contribution in [2.24, 2.45) is 0 Å². The van der Waals surface area contributed by atoms with Crippen molar-refractivity contribution in [1.82, 2.24) is 4.90 Å². The van der Waals surface area contributed by atoms with Gasteiger partial charge in [-0.25, -0.2) is 0 Å². The van der Waals surface area contributed by atoms with E-state index >= 15 is 0 Å². The topological polar surface area (TPSA) is 58.6 Å². The van der Waals surface area contributed by atoms with Crippen LogP contribution in [0, 0.1) is 0 Å². The fourth-order valence-electron chi connectivity index (χ4n) is 3.87. The monoisotopic (exact) mass is 304 g/mol. The summed E-state index contributed by atoms with van der Waals surface area (Å²) in [7, 11) is 0. The van der Waals surface area contributed by atoms with Crippen molar-refractivity contribution >= 4 is 29.3 Å². The minimum atomic E-state index is -0.851. The number of thioether (sulfide) groups is 1. The van der Waals surface area contributed by atoms with Gasteiger partial charge in [0, 0.05) is 42.3 Å². The molecule has 1 N–H and O–H groups in total. The number of amides is 1. The molecular weight excluding hydrogens is 288 g/mol. The summed E-state index contributed by atoms with van der Waals surface area (Å²) < 4.78 is 5.56. The number of anilines is 1. The molecule has 0 aromatic heterocycles. The number of rotatable bonds is 1. The highest BCUT2D eigenvalue weighted by molar-refractivity contribution is 7.99. The van der Waals surface area contributed by atoms with E-state index in [4.69, 9.17) is 4.74 Å². The van der Waals surface area contributed by atoms with Gasteiger partial charge in [-0.05, 0) is 6.07 Å². The largest absolute Gasteiger partial charge is 0.460 e. The van der Waals surface area contributed by atoms with Crippen LogP contribution in [-0.4, -0.2) is 40.6 Å². The molecule has 110 valence electrons. The van der Waals surface area contributed by atoms with Crippen LogP contribution < -0.4 is 5.32 Å². The Morgan fingerprint density at radius 2 is 2.29 bits per heavy atom. The van der Waals surface area contributed by atoms with Crippen molar-refractivity contribution in [1.29, 1.82) is 0 Å². The van der Waals surface area contributed by atoms with Crippen molar-refractivity contribution in [3.05, 3.63) is 29.8 Å². The molecule has 4 rings (SSSR count). The van der Waals surface area contributed by atoms with Gasteiger partial charge in [-0.15, -0.1) is 11.8 Å². The lowest BCUT2D eigenvalue weighted by Crippen LogP contribution is -2.53. The summed E-state index contributed by atoms with van der Waals surface area (Å²) in [6.07, 6.45) is 0.304. The van der Waals surface area contributed by atoms with Gasteiger partial charge in [0.25, 0.3) is 5.91 Å². The molecule has 21 heavy (non-hydrogen) atoms. The number of nitrogens with one attached hydrogen (secondary N) is 1. The molecule has 3 aliphatic rings. The number of hydrogen-bond donors (Lipinski definition) is 1. The molecule has 6 heteroatoms. The number of para-hydroxylation sites is 1. The molecule has 0 aliphatic carbocycles. The van der Waals surface area contributed by atoms with Crippen LogP contribution in [0.4, 0.5) is 5.69 Å². The number of esters is 1. The molecule has 5 nitrogen and oxygen atoms in total. The minimum absolute atomic E-state index is 0.0695. The van der Waals surface area contributed by atoms with Crippen LogP contribution in [0.15, 0.2) is 24.3 Å². The van der Waals surface area contributed by atoms with E-state index in [1.165, 1.54) is 6.92 Å². The van der Waals surface area contributed by atoms with Crippen molar-refractivity contribution < 1.29 is 14.3 Å². The van der Waals surface area contributed by atoms with E-state index in [0.29, 0.717) is 6.42 Å². The molecule has 1 aromatic carbocycles. The first-order valence-electron chi connectivity index (χ1n) is 7.06. The molecule has 0 unspecified atom stereocenters. The van der Waals surface area contributed by atoms with Gasteiger partial charge in [-0.3, -0.25) is 14.5 Å². The highest BCUT2D eigenvalue weighted by atomic mass is 32.2. The van der Waals surface area contributed by atoms with E-state index in [2.05, 4.69) is 10.2 Å². The van der Waals surface area contributed by atoms with Crippen LogP contribution in [0.1, 0.15) is 18.9 Å². The molecule has 0 saturated carbocycles. The highest BCUT2D eigenvalue weighted by Crippen LogP contribution is 2.53. The molecule has 2 saturated heterocycles. The van der Waals surface area contributed by atoms with E-state index in [-0.39, 0.29) is 17.9 Å². The van der Waals surface area contributed by atoms with Crippen LogP contribution >= 0.6 is 11.8 Å². The minimum Gasteiger partial charge on any atom is -0.460 e. The quantitative estimate of drug-likeness (QED) is 0.798. The second-order valence-corrected chi connectivity index (χ2v) is 6.72. The zero-order valence-electron chi connectivity index (χ0n) is 11.7. The number of ether oxygens (including phenoxy) is 1. The Morgan fingerprint density at radius 1 is 1.48 bits per heavy atom. The smallest absolute Gasteiger partial charge is 0.302 e. The number of hydrogen-bond acceptors (Lipinski definition) is 5. The van der Waals surface area contributed by atoms with E-state index in [1.54, 1.807) is 0 Å². The average molecular weight is 304 g/mol. The van der Waals surface area contributed by atoms with Crippen LogP contribution in [0.2, 0.25) is 0 Å². The van der Waals surface area contributed by atoms with E-state index in [9.17, 15) is 9.59 Å². The second kappa shape index (κ2) is 4.48. The first-order valence-corrected chi connectivity index (χ1v) is 8.22. The van der Waals surface area contributed by atoms with Gasteiger partial charge < -0.3 is 10.1 Å². The summed E-state index contributed by atoms with van der Waals surface area (Å²) in [5, 5.41) is 2.96. The summed E-state index contributed by atoms with van der Waals surface area (Å²) in [6, 6.07) is 8.00. The van der Waals surface area contributed by atoms with E-state index in [1.807, 2.05) is 36.0 Å². The van der Waals surface area contributed by atoms with E-state index < -0.39 is 11.6 Å². The summed E-state index contributed by atoms with van der Waals surface area (Å²) in [4.78, 5) is 26.6. The number of benzene rings is 1. The molecule has 0 bridgehead atoms. The fraction of sp³-hybridized carbons (Fsp3) is 0.467. The number of carbonyl (C=O) groups is 2. The Labute approximate surface area is 127 Å². The fourth-order valence-corrected chi connectivity index (χ4v) is 5.18. The first-order chi connectivity index (χ1) is 10.1. The predicted octanol–water partition coefficient (Wildman–Crippen LogP) is 1.54. The third kappa shape index (κ3) is 1.63. The van der Waals surface area contributed by atoms with Crippen molar-refractivity contribution in [2.75, 3.05) is 16.9 Å². The molecule has 3 atom stereocenters. The van der Waals surface area contributed by atoms with Crippen molar-refractivity contribution in [3.63, 3.8) is 0 Å². The number of nitrogens with zero attached hydrogens (tertiary/aromatic N) is 1. The lowest BCUT2D eigenvalue weighted by Gasteiger charge is -2.35. The third-order valence-corrected chi connectivity index (χ3v) is 5.71. The highest BCUT2D eigenvalue weighted by Gasteiger charge is 2.65. The Hall–Kier alpha value is -1.53. The van der Waals surface area contributed by atoms with Gasteiger partial charge in [0.1, 0.15) is 6.10 Å². The Balaban J connectivity index is 1.88. The van der Waals surface area contributed by atoms with Crippen molar-refractivity contribution in [3.8, 4) is 0 Å². The molecule has 2 fully saturated rings. The summed E-state index contributed by atoms with van der Waals surface area (Å²) in [5.41, 5.74) is 0.916. The summed E-state index contributed by atoms with van der Waals surface area (Å²) >= 11 is 1.83. The molecule has 1 aromatic rings. The predicted molar refractivity (Wildman–Crippen MR) is 79.9 cm³/mol. The molecule has 0 radical (unpaired) electrons. The van der Waals surface area contributed by atoms with Crippen LogP contribution in [0.25, 0.3) is 0 Å². The summed E-state index contributed by atoms with van der Waals surface area (Å²) in [6.45, 7) is 1.41. The first kappa shape index (κ1) is 13.2. The van der Waals surface area contributed by atoms with E-state index in [0.717, 1.165) is 22.9 Å². The zero-order chi connectivity index (χ0) is 14.6. The zero-order valence-corrected chi connectivity index (χ0v) is 12.5. The molecule has 1 spiro atoms. The number of fused-ring (bicyclic) bond motifs is 4.